The number of hydrogen-bond acceptors (Lipinski definition) is 4. The van der Waals surface area contributed by atoms with Crippen molar-refractivity contribution in [3.8, 4) is 22.0 Å². The van der Waals surface area contributed by atoms with Gasteiger partial charge < -0.3 is 4.90 Å². The normalized spacial score (nSPS) is 13.9. The molecule has 0 atom stereocenters. The van der Waals surface area contributed by atoms with E-state index in [1.165, 1.54) is 34.0 Å². The van der Waals surface area contributed by atoms with Crippen molar-refractivity contribution in [3.63, 3.8) is 0 Å². The van der Waals surface area contributed by atoms with Crippen molar-refractivity contribution in [1.29, 1.82) is 0 Å². The smallest absolute Gasteiger partial charge is 0.173 e. The van der Waals surface area contributed by atoms with Crippen LogP contribution in [-0.4, -0.2) is 9.36 Å². The zero-order chi connectivity index (χ0) is 22.4. The monoisotopic (exact) mass is 445 g/mol. The van der Waals surface area contributed by atoms with Crippen LogP contribution in [0.25, 0.3) is 22.0 Å². The molecule has 0 amide bonds. The molecule has 0 spiro atoms. The topological polar surface area (TPSA) is 29.0 Å². The van der Waals surface area contributed by atoms with Crippen molar-refractivity contribution in [1.82, 2.24) is 9.36 Å². The molecule has 3 nitrogen and oxygen atoms in total. The van der Waals surface area contributed by atoms with Gasteiger partial charge in [-0.25, -0.2) is 4.98 Å². The fourth-order valence-electron chi connectivity index (χ4n) is 4.75. The second-order valence-corrected chi connectivity index (χ2v) is 9.58. The molecule has 1 aromatic heterocycles. The molecule has 160 valence electrons. The van der Waals surface area contributed by atoms with Crippen molar-refractivity contribution in [2.24, 2.45) is 0 Å². The van der Waals surface area contributed by atoms with Crippen LogP contribution in [0.5, 0.6) is 0 Å². The van der Waals surface area contributed by atoms with Crippen molar-refractivity contribution in [2.45, 2.75) is 19.3 Å². The van der Waals surface area contributed by atoms with E-state index in [1.807, 2.05) is 18.2 Å². The Labute approximate surface area is 198 Å². The number of rotatable bonds is 3. The molecule has 0 unspecified atom stereocenters. The summed E-state index contributed by atoms with van der Waals surface area (Å²) in [4.78, 5) is 7.14. The summed E-state index contributed by atoms with van der Waals surface area (Å²) >= 11 is 1.44. The molecular weight excluding hydrogens is 422 g/mol. The number of anilines is 3. The molecule has 1 aliphatic rings. The maximum absolute atomic E-state index is 4.78. The second kappa shape index (κ2) is 7.68. The second-order valence-electron chi connectivity index (χ2n) is 8.83. The van der Waals surface area contributed by atoms with Gasteiger partial charge in [-0.1, -0.05) is 80.6 Å². The zero-order valence-corrected chi connectivity index (χ0v) is 19.4. The number of para-hydroxylation sites is 2. The van der Waals surface area contributed by atoms with Gasteiger partial charge in [0, 0.05) is 22.2 Å². The van der Waals surface area contributed by atoms with Gasteiger partial charge in [0.05, 0.1) is 11.4 Å². The first kappa shape index (κ1) is 19.9. The fraction of sp³-hybridized carbons (Fsp3) is 0.103. The van der Waals surface area contributed by atoms with Crippen LogP contribution < -0.4 is 4.90 Å². The highest BCUT2D eigenvalue weighted by atomic mass is 32.1. The quantitative estimate of drug-likeness (QED) is 0.282. The van der Waals surface area contributed by atoms with E-state index in [9.17, 15) is 0 Å². The van der Waals surface area contributed by atoms with Gasteiger partial charge in [0.25, 0.3) is 0 Å². The van der Waals surface area contributed by atoms with Crippen LogP contribution in [0, 0.1) is 0 Å². The van der Waals surface area contributed by atoms with E-state index < -0.39 is 0 Å². The molecule has 0 radical (unpaired) electrons. The fourth-order valence-corrected chi connectivity index (χ4v) is 5.43. The summed E-state index contributed by atoms with van der Waals surface area (Å²) < 4.78 is 4.61. The lowest BCUT2D eigenvalue weighted by atomic mass is 9.73. The molecule has 0 saturated carbocycles. The molecule has 1 aliphatic heterocycles. The Morgan fingerprint density at radius 3 is 1.85 bits per heavy atom. The van der Waals surface area contributed by atoms with Crippen LogP contribution in [0.1, 0.15) is 25.0 Å². The first-order valence-electron chi connectivity index (χ1n) is 11.1. The van der Waals surface area contributed by atoms with E-state index in [2.05, 4.69) is 108 Å². The maximum Gasteiger partial charge on any atom is 0.173 e. The summed E-state index contributed by atoms with van der Waals surface area (Å²) in [5.41, 5.74) is 8.33. The molecule has 6 rings (SSSR count). The highest BCUT2D eigenvalue weighted by Gasteiger charge is 2.36. The van der Waals surface area contributed by atoms with Gasteiger partial charge in [-0.3, -0.25) is 0 Å². The molecule has 2 heterocycles. The summed E-state index contributed by atoms with van der Waals surface area (Å²) in [6, 6.07) is 36.2. The first-order chi connectivity index (χ1) is 16.1. The first-order valence-corrected chi connectivity index (χ1v) is 11.9. The molecular formula is C29H23N3S. The van der Waals surface area contributed by atoms with Crippen LogP contribution in [0.2, 0.25) is 0 Å². The lowest BCUT2D eigenvalue weighted by molar-refractivity contribution is 0.632. The standard InChI is InChI=1S/C29H23N3S/c1-29(2)23-12-6-8-14-25(23)32(26-15-9-7-13-24(26)29)22-18-16-20(17-19-22)27-30-28(33-31-27)21-10-4-3-5-11-21/h3-19H,1-2H3. The van der Waals surface area contributed by atoms with E-state index in [1.54, 1.807) is 0 Å². The molecule has 5 aromatic rings. The average Bonchev–Trinajstić information content (AvgIpc) is 3.36. The summed E-state index contributed by atoms with van der Waals surface area (Å²) in [6.45, 7) is 4.62. The molecule has 33 heavy (non-hydrogen) atoms. The minimum Gasteiger partial charge on any atom is -0.310 e. The number of aromatic nitrogens is 2. The van der Waals surface area contributed by atoms with Crippen molar-refractivity contribution in [3.05, 3.63) is 114 Å². The summed E-state index contributed by atoms with van der Waals surface area (Å²) in [5.74, 6) is 0.769. The number of hydrogen-bond donors (Lipinski definition) is 0. The molecule has 4 heteroatoms. The molecule has 0 saturated heterocycles. The SMILES string of the molecule is CC1(C)c2ccccc2N(c2ccc(-c3nsc(-c4ccccc4)n3)cc2)c2ccccc21. The Balaban J connectivity index is 1.40. The largest absolute Gasteiger partial charge is 0.310 e. The molecule has 0 fully saturated rings. The Bertz CT molecular complexity index is 1390. The van der Waals surface area contributed by atoms with E-state index in [0.29, 0.717) is 0 Å². The predicted octanol–water partition coefficient (Wildman–Crippen LogP) is 7.98. The lowest BCUT2D eigenvalue weighted by Crippen LogP contribution is -2.30. The van der Waals surface area contributed by atoms with E-state index in [4.69, 9.17) is 4.98 Å². The zero-order valence-electron chi connectivity index (χ0n) is 18.6. The van der Waals surface area contributed by atoms with Crippen LogP contribution in [0.3, 0.4) is 0 Å². The van der Waals surface area contributed by atoms with Gasteiger partial charge in [-0.15, -0.1) is 0 Å². The summed E-state index contributed by atoms with van der Waals surface area (Å²) in [6.07, 6.45) is 0. The Morgan fingerprint density at radius 2 is 1.21 bits per heavy atom. The van der Waals surface area contributed by atoms with Gasteiger partial charge in [-0.2, -0.15) is 4.37 Å². The highest BCUT2D eigenvalue weighted by molar-refractivity contribution is 7.09. The Morgan fingerprint density at radius 1 is 0.636 bits per heavy atom. The van der Waals surface area contributed by atoms with E-state index in [0.717, 1.165) is 27.6 Å². The van der Waals surface area contributed by atoms with Gasteiger partial charge in [0.15, 0.2) is 5.82 Å². The minimum absolute atomic E-state index is 0.0536. The van der Waals surface area contributed by atoms with Crippen molar-refractivity contribution < 1.29 is 0 Å². The molecule has 0 aliphatic carbocycles. The van der Waals surface area contributed by atoms with Gasteiger partial charge >= 0.3 is 0 Å². The number of nitrogens with zero attached hydrogens (tertiary/aromatic N) is 3. The minimum atomic E-state index is -0.0536. The van der Waals surface area contributed by atoms with E-state index >= 15 is 0 Å². The van der Waals surface area contributed by atoms with Crippen LogP contribution in [0.15, 0.2) is 103 Å². The Kier molecular flexibility index (Phi) is 4.63. The average molecular weight is 446 g/mol. The van der Waals surface area contributed by atoms with Gasteiger partial charge in [-0.05, 0) is 59.1 Å². The number of fused-ring (bicyclic) bond motifs is 2. The summed E-state index contributed by atoms with van der Waals surface area (Å²) in [5, 5.41) is 0.941. The van der Waals surface area contributed by atoms with Crippen molar-refractivity contribution in [2.75, 3.05) is 4.90 Å². The molecule has 4 aromatic carbocycles. The van der Waals surface area contributed by atoms with Crippen LogP contribution in [0.4, 0.5) is 17.1 Å². The third-order valence-corrected chi connectivity index (χ3v) is 7.23. The van der Waals surface area contributed by atoms with Crippen LogP contribution >= 0.6 is 11.5 Å². The third kappa shape index (κ3) is 3.26. The predicted molar refractivity (Wildman–Crippen MR) is 138 cm³/mol. The third-order valence-electron chi connectivity index (χ3n) is 6.47. The van der Waals surface area contributed by atoms with E-state index in [-0.39, 0.29) is 5.41 Å². The molecule has 0 bridgehead atoms. The van der Waals surface area contributed by atoms with Gasteiger partial charge in [0.2, 0.25) is 0 Å². The van der Waals surface area contributed by atoms with Crippen molar-refractivity contribution >= 4 is 28.6 Å². The number of benzene rings is 4. The summed E-state index contributed by atoms with van der Waals surface area (Å²) in [7, 11) is 0. The maximum atomic E-state index is 4.78. The Hall–Kier alpha value is -3.76. The van der Waals surface area contributed by atoms with Gasteiger partial charge in [0.1, 0.15) is 5.01 Å². The highest BCUT2D eigenvalue weighted by Crippen LogP contribution is 2.51. The lowest BCUT2D eigenvalue weighted by Gasteiger charge is -2.42. The van der Waals surface area contributed by atoms with Crippen LogP contribution in [-0.2, 0) is 5.41 Å². The molecule has 0 N–H and O–H groups in total.